The highest BCUT2D eigenvalue weighted by Gasteiger charge is 2.11. The number of rotatable bonds is 3. The van der Waals surface area contributed by atoms with Gasteiger partial charge in [0.2, 0.25) is 0 Å². The van der Waals surface area contributed by atoms with Gasteiger partial charge in [0.1, 0.15) is 5.82 Å². The van der Waals surface area contributed by atoms with Crippen molar-refractivity contribution < 1.29 is 9.18 Å². The summed E-state index contributed by atoms with van der Waals surface area (Å²) in [5, 5.41) is 7.18. The molecule has 86 valence electrons. The number of aromatic nitrogens is 2. The molecular weight excluding hydrogens is 243 g/mol. The van der Waals surface area contributed by atoms with Crippen LogP contribution in [0.2, 0.25) is 5.02 Å². The van der Waals surface area contributed by atoms with Crippen molar-refractivity contribution in [1.82, 2.24) is 10.2 Å². The zero-order chi connectivity index (χ0) is 12.3. The lowest BCUT2D eigenvalue weighted by molar-refractivity contribution is 0.0992. The predicted molar refractivity (Wildman–Crippen MR) is 61.5 cm³/mol. The lowest BCUT2D eigenvalue weighted by atomic mass is 10.0. The molecule has 0 aliphatic heterocycles. The average molecular weight is 251 g/mol. The number of ketones is 1. The average Bonchev–Trinajstić information content (AvgIpc) is 2.36. The number of nitrogens with zero attached hydrogens (tertiary/aromatic N) is 2. The maximum Gasteiger partial charge on any atom is 0.168 e. The van der Waals surface area contributed by atoms with Gasteiger partial charge in [0.25, 0.3) is 0 Å². The molecule has 2 aromatic rings. The van der Waals surface area contributed by atoms with Crippen LogP contribution in [0, 0.1) is 5.82 Å². The first-order valence-corrected chi connectivity index (χ1v) is 5.29. The summed E-state index contributed by atoms with van der Waals surface area (Å²) < 4.78 is 13.2. The van der Waals surface area contributed by atoms with Gasteiger partial charge in [0, 0.05) is 12.0 Å². The van der Waals surface area contributed by atoms with Crippen LogP contribution in [-0.2, 0) is 6.42 Å². The number of carbonyl (C=O) groups is 1. The highest BCUT2D eigenvalue weighted by molar-refractivity contribution is 6.31. The van der Waals surface area contributed by atoms with Crippen molar-refractivity contribution in [2.45, 2.75) is 6.42 Å². The van der Waals surface area contributed by atoms with Crippen molar-refractivity contribution in [2.75, 3.05) is 0 Å². The molecule has 0 bridgehead atoms. The molecule has 17 heavy (non-hydrogen) atoms. The molecule has 5 heteroatoms. The van der Waals surface area contributed by atoms with E-state index in [1.165, 1.54) is 24.5 Å². The second kappa shape index (κ2) is 5.01. The van der Waals surface area contributed by atoms with Crippen molar-refractivity contribution in [3.63, 3.8) is 0 Å². The van der Waals surface area contributed by atoms with Crippen molar-refractivity contribution in [1.29, 1.82) is 0 Å². The Morgan fingerprint density at radius 3 is 2.82 bits per heavy atom. The molecule has 0 aliphatic carbocycles. The minimum atomic E-state index is -0.523. The summed E-state index contributed by atoms with van der Waals surface area (Å²) in [7, 11) is 0. The number of benzene rings is 1. The Balaban J connectivity index is 2.22. The molecule has 0 atom stereocenters. The predicted octanol–water partition coefficient (Wildman–Crippen LogP) is 2.69. The molecular formula is C12H8ClFN2O. The van der Waals surface area contributed by atoms with Crippen molar-refractivity contribution in [2.24, 2.45) is 0 Å². The molecule has 3 nitrogen and oxygen atoms in total. The van der Waals surface area contributed by atoms with Crippen LogP contribution in [0.25, 0.3) is 0 Å². The monoisotopic (exact) mass is 250 g/mol. The number of halogens is 2. The van der Waals surface area contributed by atoms with E-state index in [-0.39, 0.29) is 17.2 Å². The van der Waals surface area contributed by atoms with Gasteiger partial charge in [-0.2, -0.15) is 10.2 Å². The molecule has 0 N–H and O–H groups in total. The van der Waals surface area contributed by atoms with E-state index in [2.05, 4.69) is 10.2 Å². The molecule has 2 rings (SSSR count). The van der Waals surface area contributed by atoms with Gasteiger partial charge in [-0.15, -0.1) is 0 Å². The Kier molecular flexibility index (Phi) is 3.44. The van der Waals surface area contributed by atoms with Crippen LogP contribution in [0.15, 0.2) is 36.7 Å². The normalized spacial score (nSPS) is 10.2. The van der Waals surface area contributed by atoms with E-state index in [9.17, 15) is 9.18 Å². The van der Waals surface area contributed by atoms with E-state index in [1.54, 1.807) is 12.1 Å². The van der Waals surface area contributed by atoms with E-state index in [4.69, 9.17) is 11.6 Å². The van der Waals surface area contributed by atoms with Crippen LogP contribution in [0.5, 0.6) is 0 Å². The fraction of sp³-hybridized carbons (Fsp3) is 0.0833. The Morgan fingerprint density at radius 1 is 1.29 bits per heavy atom. The number of carbonyl (C=O) groups excluding carboxylic acids is 1. The molecule has 0 spiro atoms. The van der Waals surface area contributed by atoms with Gasteiger partial charge in [-0.25, -0.2) is 4.39 Å². The van der Waals surface area contributed by atoms with Crippen LogP contribution in [0.1, 0.15) is 15.9 Å². The quantitative estimate of drug-likeness (QED) is 0.787. The van der Waals surface area contributed by atoms with Gasteiger partial charge in [-0.1, -0.05) is 23.7 Å². The Labute approximate surface area is 102 Å². The third-order valence-electron chi connectivity index (χ3n) is 2.29. The summed E-state index contributed by atoms with van der Waals surface area (Å²) >= 11 is 5.77. The summed E-state index contributed by atoms with van der Waals surface area (Å²) in [6.45, 7) is 0. The third-order valence-corrected chi connectivity index (χ3v) is 2.71. The lowest BCUT2D eigenvalue weighted by Gasteiger charge is -2.04. The van der Waals surface area contributed by atoms with Gasteiger partial charge in [0.05, 0.1) is 17.4 Å². The fourth-order valence-corrected chi connectivity index (χ4v) is 1.61. The SMILES string of the molecule is O=C(Cc1cccc(F)c1Cl)c1ccnnc1. The first-order chi connectivity index (χ1) is 8.18. The molecule has 1 aromatic carbocycles. The zero-order valence-electron chi connectivity index (χ0n) is 8.73. The van der Waals surface area contributed by atoms with Crippen LogP contribution in [0.4, 0.5) is 4.39 Å². The number of Topliss-reactive ketones (excluding diaryl/α,β-unsaturated/α-hetero) is 1. The summed E-state index contributed by atoms with van der Waals surface area (Å²) in [6, 6.07) is 5.96. The minimum Gasteiger partial charge on any atom is -0.294 e. The molecule has 0 radical (unpaired) electrons. The molecule has 0 saturated heterocycles. The van der Waals surface area contributed by atoms with E-state index in [1.807, 2.05) is 0 Å². The Morgan fingerprint density at radius 2 is 2.12 bits per heavy atom. The number of hydrogen-bond acceptors (Lipinski definition) is 3. The van der Waals surface area contributed by atoms with E-state index in [0.29, 0.717) is 11.1 Å². The van der Waals surface area contributed by atoms with Gasteiger partial charge in [-0.3, -0.25) is 4.79 Å². The standard InChI is InChI=1S/C12H8ClFN2O/c13-12-8(2-1-3-10(12)14)6-11(17)9-4-5-15-16-7-9/h1-5,7H,6H2. The summed E-state index contributed by atoms with van der Waals surface area (Å²) in [5.41, 5.74) is 0.897. The minimum absolute atomic E-state index is 0.0112. The topological polar surface area (TPSA) is 42.9 Å². The van der Waals surface area contributed by atoms with E-state index >= 15 is 0 Å². The summed E-state index contributed by atoms with van der Waals surface area (Å²) in [6.07, 6.45) is 2.85. The fourth-order valence-electron chi connectivity index (χ4n) is 1.42. The van der Waals surface area contributed by atoms with Gasteiger partial charge in [-0.05, 0) is 17.7 Å². The molecule has 0 saturated carbocycles. The highest BCUT2D eigenvalue weighted by atomic mass is 35.5. The molecule has 1 aromatic heterocycles. The maximum absolute atomic E-state index is 13.2. The molecule has 1 heterocycles. The Hall–Kier alpha value is -1.81. The largest absolute Gasteiger partial charge is 0.294 e. The second-order valence-electron chi connectivity index (χ2n) is 3.44. The summed E-state index contributed by atoms with van der Waals surface area (Å²) in [4.78, 5) is 11.8. The first-order valence-electron chi connectivity index (χ1n) is 4.91. The van der Waals surface area contributed by atoms with Crippen molar-refractivity contribution >= 4 is 17.4 Å². The zero-order valence-corrected chi connectivity index (χ0v) is 9.49. The van der Waals surface area contributed by atoms with E-state index < -0.39 is 5.82 Å². The van der Waals surface area contributed by atoms with Crippen LogP contribution < -0.4 is 0 Å². The van der Waals surface area contributed by atoms with Crippen LogP contribution in [0.3, 0.4) is 0 Å². The molecule has 0 aliphatic rings. The van der Waals surface area contributed by atoms with E-state index in [0.717, 1.165) is 0 Å². The number of hydrogen-bond donors (Lipinski definition) is 0. The lowest BCUT2D eigenvalue weighted by Crippen LogP contribution is -2.05. The first kappa shape index (κ1) is 11.7. The molecule has 0 fully saturated rings. The Bertz CT molecular complexity index is 545. The smallest absolute Gasteiger partial charge is 0.168 e. The molecule has 0 unspecified atom stereocenters. The van der Waals surface area contributed by atoms with Gasteiger partial charge >= 0.3 is 0 Å². The highest BCUT2D eigenvalue weighted by Crippen LogP contribution is 2.21. The molecule has 0 amide bonds. The van der Waals surface area contributed by atoms with Gasteiger partial charge in [0.15, 0.2) is 5.78 Å². The van der Waals surface area contributed by atoms with Crippen molar-refractivity contribution in [3.05, 3.63) is 58.6 Å². The summed E-state index contributed by atoms with van der Waals surface area (Å²) in [5.74, 6) is -0.697. The second-order valence-corrected chi connectivity index (χ2v) is 3.82. The third kappa shape index (κ3) is 2.65. The van der Waals surface area contributed by atoms with Crippen molar-refractivity contribution in [3.8, 4) is 0 Å². The maximum atomic E-state index is 13.2. The van der Waals surface area contributed by atoms with Crippen LogP contribution in [-0.4, -0.2) is 16.0 Å². The van der Waals surface area contributed by atoms with Gasteiger partial charge < -0.3 is 0 Å². The van der Waals surface area contributed by atoms with Crippen LogP contribution >= 0.6 is 11.6 Å².